The normalized spacial score (nSPS) is 15.1. The summed E-state index contributed by atoms with van der Waals surface area (Å²) in [7, 11) is 3.80. The monoisotopic (exact) mass is 340 g/mol. The molecular formula is C18H24N6O. The quantitative estimate of drug-likeness (QED) is 0.917. The first kappa shape index (κ1) is 17.1. The van der Waals surface area contributed by atoms with Gasteiger partial charge in [0.15, 0.2) is 0 Å². The van der Waals surface area contributed by atoms with Crippen LogP contribution in [0.3, 0.4) is 0 Å². The molecular weight excluding hydrogens is 316 g/mol. The third kappa shape index (κ3) is 4.04. The fraction of sp³-hybridized carbons (Fsp3) is 0.444. The summed E-state index contributed by atoms with van der Waals surface area (Å²) in [4.78, 5) is 20.9. The summed E-state index contributed by atoms with van der Waals surface area (Å²) in [5.41, 5.74) is 1.56. The number of aromatic nitrogens is 3. The summed E-state index contributed by atoms with van der Waals surface area (Å²) < 4.78 is 0. The standard InChI is InChI=1S/C18H24N6O/c1-13-6-7-16(22-21-13)20-14-8-11-24(12-9-14)18(25)15-5-4-10-19-17(15)23(2)3/h4-7,10,14H,8-9,11-12H2,1-3H3,(H,20,22). The van der Waals surface area contributed by atoms with E-state index in [4.69, 9.17) is 0 Å². The van der Waals surface area contributed by atoms with Crippen LogP contribution < -0.4 is 10.2 Å². The van der Waals surface area contributed by atoms with Crippen molar-refractivity contribution in [3.8, 4) is 0 Å². The highest BCUT2D eigenvalue weighted by Gasteiger charge is 2.26. The first-order valence-electron chi connectivity index (χ1n) is 8.53. The smallest absolute Gasteiger partial charge is 0.257 e. The van der Waals surface area contributed by atoms with E-state index in [1.165, 1.54) is 0 Å². The Balaban J connectivity index is 1.60. The van der Waals surface area contributed by atoms with Gasteiger partial charge in [0.05, 0.1) is 11.3 Å². The van der Waals surface area contributed by atoms with Gasteiger partial charge in [-0.25, -0.2) is 4.98 Å². The number of piperidine rings is 1. The van der Waals surface area contributed by atoms with E-state index in [1.807, 2.05) is 55.1 Å². The summed E-state index contributed by atoms with van der Waals surface area (Å²) in [6.45, 7) is 3.36. The van der Waals surface area contributed by atoms with E-state index in [1.54, 1.807) is 6.20 Å². The van der Waals surface area contributed by atoms with Crippen LogP contribution in [0.5, 0.6) is 0 Å². The second kappa shape index (κ2) is 7.46. The lowest BCUT2D eigenvalue weighted by atomic mass is 10.0. The second-order valence-corrected chi connectivity index (χ2v) is 6.54. The maximum atomic E-state index is 12.8. The lowest BCUT2D eigenvalue weighted by Gasteiger charge is -2.33. The number of aryl methyl sites for hydroxylation is 1. The van der Waals surface area contributed by atoms with Crippen LogP contribution in [0.4, 0.5) is 11.6 Å². The molecule has 0 aromatic carbocycles. The molecule has 7 heteroatoms. The van der Waals surface area contributed by atoms with Crippen molar-refractivity contribution in [2.45, 2.75) is 25.8 Å². The van der Waals surface area contributed by atoms with Gasteiger partial charge < -0.3 is 15.1 Å². The predicted octanol–water partition coefficient (Wildman–Crippen LogP) is 1.96. The molecule has 2 aromatic rings. The Hall–Kier alpha value is -2.70. The van der Waals surface area contributed by atoms with Crippen molar-refractivity contribution < 1.29 is 4.79 Å². The molecule has 2 aromatic heterocycles. The van der Waals surface area contributed by atoms with Gasteiger partial charge in [-0.3, -0.25) is 4.79 Å². The fourth-order valence-electron chi connectivity index (χ4n) is 3.00. The molecule has 7 nitrogen and oxygen atoms in total. The minimum atomic E-state index is 0.0466. The topological polar surface area (TPSA) is 74.2 Å². The molecule has 0 bridgehead atoms. The van der Waals surface area contributed by atoms with Crippen molar-refractivity contribution >= 4 is 17.5 Å². The number of hydrogen-bond donors (Lipinski definition) is 1. The number of likely N-dealkylation sites (tertiary alicyclic amines) is 1. The van der Waals surface area contributed by atoms with Crippen molar-refractivity contribution in [2.24, 2.45) is 0 Å². The molecule has 1 fully saturated rings. The molecule has 1 aliphatic rings. The van der Waals surface area contributed by atoms with Gasteiger partial charge in [0.1, 0.15) is 11.6 Å². The average Bonchev–Trinajstić information content (AvgIpc) is 2.63. The predicted molar refractivity (Wildman–Crippen MR) is 97.9 cm³/mol. The highest BCUT2D eigenvalue weighted by molar-refractivity contribution is 5.98. The minimum Gasteiger partial charge on any atom is -0.366 e. The van der Waals surface area contributed by atoms with Gasteiger partial charge in [0.2, 0.25) is 0 Å². The van der Waals surface area contributed by atoms with Gasteiger partial charge in [-0.2, -0.15) is 5.10 Å². The van der Waals surface area contributed by atoms with Crippen molar-refractivity contribution in [3.63, 3.8) is 0 Å². The first-order valence-corrected chi connectivity index (χ1v) is 8.53. The summed E-state index contributed by atoms with van der Waals surface area (Å²) in [6.07, 6.45) is 3.49. The van der Waals surface area contributed by atoms with Crippen molar-refractivity contribution in [1.29, 1.82) is 0 Å². The summed E-state index contributed by atoms with van der Waals surface area (Å²) in [5.74, 6) is 1.55. The molecule has 1 saturated heterocycles. The molecule has 1 aliphatic heterocycles. The lowest BCUT2D eigenvalue weighted by molar-refractivity contribution is 0.0718. The van der Waals surface area contributed by atoms with E-state index in [9.17, 15) is 4.79 Å². The van der Waals surface area contributed by atoms with Crippen LogP contribution >= 0.6 is 0 Å². The van der Waals surface area contributed by atoms with E-state index in [2.05, 4.69) is 20.5 Å². The molecule has 3 heterocycles. The molecule has 0 aliphatic carbocycles. The molecule has 0 unspecified atom stereocenters. The highest BCUT2D eigenvalue weighted by atomic mass is 16.2. The molecule has 0 atom stereocenters. The van der Waals surface area contributed by atoms with Crippen LogP contribution in [-0.2, 0) is 0 Å². The number of nitrogens with zero attached hydrogens (tertiary/aromatic N) is 5. The summed E-state index contributed by atoms with van der Waals surface area (Å²) in [6, 6.07) is 7.85. The number of hydrogen-bond acceptors (Lipinski definition) is 6. The Morgan fingerprint density at radius 2 is 1.96 bits per heavy atom. The minimum absolute atomic E-state index is 0.0466. The third-order valence-corrected chi connectivity index (χ3v) is 4.37. The van der Waals surface area contributed by atoms with E-state index in [0.29, 0.717) is 17.4 Å². The molecule has 0 spiro atoms. The molecule has 0 radical (unpaired) electrons. The van der Waals surface area contributed by atoms with Crippen LogP contribution in [-0.4, -0.2) is 59.2 Å². The number of carbonyl (C=O) groups excluding carboxylic acids is 1. The largest absolute Gasteiger partial charge is 0.366 e. The number of amides is 1. The lowest BCUT2D eigenvalue weighted by Crippen LogP contribution is -2.42. The number of pyridine rings is 1. The van der Waals surface area contributed by atoms with E-state index < -0.39 is 0 Å². The SMILES string of the molecule is Cc1ccc(NC2CCN(C(=O)c3cccnc3N(C)C)CC2)nn1. The van der Waals surface area contributed by atoms with Crippen LogP contribution in [0.2, 0.25) is 0 Å². The zero-order valence-corrected chi connectivity index (χ0v) is 14.9. The Labute approximate surface area is 148 Å². The zero-order chi connectivity index (χ0) is 17.8. The number of carbonyl (C=O) groups is 1. The Bertz CT molecular complexity index is 723. The van der Waals surface area contributed by atoms with Crippen molar-refractivity contribution in [1.82, 2.24) is 20.1 Å². The third-order valence-electron chi connectivity index (χ3n) is 4.37. The van der Waals surface area contributed by atoms with Crippen LogP contribution in [0.25, 0.3) is 0 Å². The van der Waals surface area contributed by atoms with E-state index >= 15 is 0 Å². The van der Waals surface area contributed by atoms with Gasteiger partial charge in [-0.15, -0.1) is 5.10 Å². The molecule has 132 valence electrons. The maximum Gasteiger partial charge on any atom is 0.257 e. The molecule has 0 saturated carbocycles. The van der Waals surface area contributed by atoms with Crippen LogP contribution in [0, 0.1) is 6.92 Å². The average molecular weight is 340 g/mol. The number of rotatable bonds is 4. The Morgan fingerprint density at radius 1 is 1.20 bits per heavy atom. The fourth-order valence-corrected chi connectivity index (χ4v) is 3.00. The molecule has 25 heavy (non-hydrogen) atoms. The van der Waals surface area contributed by atoms with Gasteiger partial charge in [-0.05, 0) is 44.0 Å². The maximum absolute atomic E-state index is 12.8. The summed E-state index contributed by atoms with van der Waals surface area (Å²) in [5, 5.41) is 11.6. The first-order chi connectivity index (χ1) is 12.0. The zero-order valence-electron chi connectivity index (χ0n) is 14.9. The van der Waals surface area contributed by atoms with Crippen molar-refractivity contribution in [3.05, 3.63) is 41.7 Å². The molecule has 3 rings (SSSR count). The summed E-state index contributed by atoms with van der Waals surface area (Å²) >= 11 is 0. The number of nitrogens with one attached hydrogen (secondary N) is 1. The van der Waals surface area contributed by atoms with Gasteiger partial charge in [0.25, 0.3) is 5.91 Å². The van der Waals surface area contributed by atoms with E-state index in [0.717, 1.165) is 37.4 Å². The Morgan fingerprint density at radius 3 is 2.60 bits per heavy atom. The van der Waals surface area contributed by atoms with Crippen LogP contribution in [0.15, 0.2) is 30.5 Å². The molecule has 1 N–H and O–H groups in total. The Kier molecular flexibility index (Phi) is 5.11. The second-order valence-electron chi connectivity index (χ2n) is 6.54. The highest BCUT2D eigenvalue weighted by Crippen LogP contribution is 2.21. The van der Waals surface area contributed by atoms with Crippen molar-refractivity contribution in [2.75, 3.05) is 37.4 Å². The van der Waals surface area contributed by atoms with Crippen LogP contribution in [0.1, 0.15) is 28.9 Å². The number of anilines is 2. The van der Waals surface area contributed by atoms with Gasteiger partial charge in [0, 0.05) is 39.4 Å². The van der Waals surface area contributed by atoms with Gasteiger partial charge in [-0.1, -0.05) is 0 Å². The van der Waals surface area contributed by atoms with E-state index in [-0.39, 0.29) is 5.91 Å². The molecule has 1 amide bonds. The van der Waals surface area contributed by atoms with Gasteiger partial charge >= 0.3 is 0 Å².